The Bertz CT molecular complexity index is 1110. The minimum atomic E-state index is -1.20. The van der Waals surface area contributed by atoms with Gasteiger partial charge in [0.1, 0.15) is 5.75 Å². The molecule has 0 aliphatic heterocycles. The lowest BCUT2D eigenvalue weighted by atomic mass is 10.1. The first-order valence-corrected chi connectivity index (χ1v) is 9.63. The molecule has 3 aromatic rings. The van der Waals surface area contributed by atoms with Crippen molar-refractivity contribution in [2.24, 2.45) is 0 Å². The Labute approximate surface area is 176 Å². The number of carboxylic acids is 2. The molecule has 0 atom stereocenters. The summed E-state index contributed by atoms with van der Waals surface area (Å²) in [6, 6.07) is 10.5. The van der Waals surface area contributed by atoms with Crippen molar-refractivity contribution in [3.63, 3.8) is 0 Å². The van der Waals surface area contributed by atoms with Crippen LogP contribution >= 0.6 is 11.3 Å². The molecular formula is C21H18N2O6S. The Morgan fingerprint density at radius 1 is 1.10 bits per heavy atom. The van der Waals surface area contributed by atoms with Crippen molar-refractivity contribution < 1.29 is 29.3 Å². The van der Waals surface area contributed by atoms with E-state index in [1.165, 1.54) is 11.8 Å². The molecule has 0 fully saturated rings. The van der Waals surface area contributed by atoms with Crippen LogP contribution in [-0.2, 0) is 9.59 Å². The molecule has 2 N–H and O–H groups in total. The van der Waals surface area contributed by atoms with E-state index < -0.39 is 18.5 Å². The summed E-state index contributed by atoms with van der Waals surface area (Å²) in [5, 5.41) is 18.4. The van der Waals surface area contributed by atoms with Crippen molar-refractivity contribution in [1.29, 1.82) is 0 Å². The molecule has 0 aliphatic rings. The lowest BCUT2D eigenvalue weighted by Crippen LogP contribution is -2.22. The van der Waals surface area contributed by atoms with Gasteiger partial charge in [0.05, 0.1) is 5.69 Å². The third-order valence-electron chi connectivity index (χ3n) is 4.23. The highest BCUT2D eigenvalue weighted by molar-refractivity contribution is 7.18. The van der Waals surface area contributed by atoms with Gasteiger partial charge in [0.15, 0.2) is 11.5 Å². The van der Waals surface area contributed by atoms with Gasteiger partial charge in [-0.3, -0.25) is 14.7 Å². The van der Waals surface area contributed by atoms with Crippen LogP contribution in [0.2, 0.25) is 0 Å². The van der Waals surface area contributed by atoms with Crippen molar-refractivity contribution >= 4 is 40.6 Å². The number of anilines is 2. The number of carbonyl (C=O) groups excluding carboxylic acids is 1. The first kappa shape index (κ1) is 21.0. The summed E-state index contributed by atoms with van der Waals surface area (Å²) in [7, 11) is 0. The van der Waals surface area contributed by atoms with Crippen LogP contribution in [0.25, 0.3) is 10.4 Å². The normalized spacial score (nSPS) is 10.5. The molecule has 9 heteroatoms. The van der Waals surface area contributed by atoms with Crippen LogP contribution in [0.1, 0.15) is 22.2 Å². The van der Waals surface area contributed by atoms with Crippen molar-refractivity contribution in [2.45, 2.75) is 13.8 Å². The monoisotopic (exact) mass is 426 g/mol. The van der Waals surface area contributed by atoms with Gasteiger partial charge in [-0.2, -0.15) is 0 Å². The van der Waals surface area contributed by atoms with Crippen LogP contribution in [0, 0.1) is 6.92 Å². The van der Waals surface area contributed by atoms with Crippen molar-refractivity contribution in [1.82, 2.24) is 4.98 Å². The fraction of sp³-hybridized carbons (Fsp3) is 0.143. The predicted molar refractivity (Wildman–Crippen MR) is 112 cm³/mol. The second-order valence-corrected chi connectivity index (χ2v) is 7.33. The van der Waals surface area contributed by atoms with Crippen molar-refractivity contribution in [2.75, 3.05) is 11.5 Å². The van der Waals surface area contributed by atoms with Crippen LogP contribution in [0.5, 0.6) is 5.75 Å². The standard InChI is InChI=1S/C21H18N2O6S/c1-12-18(29-11-17(25)26)20(21(27)28)30-19(12)14-4-3-5-16(10-14)23(13(2)24)15-6-8-22-9-7-15/h3-10H,11H2,1-2H3,(H,25,26)(H,27,28). The van der Waals surface area contributed by atoms with Gasteiger partial charge in [0.25, 0.3) is 0 Å². The van der Waals surface area contributed by atoms with Gasteiger partial charge < -0.3 is 14.9 Å². The number of hydrogen-bond acceptors (Lipinski definition) is 6. The molecule has 1 amide bonds. The molecule has 0 saturated heterocycles. The SMILES string of the molecule is CC(=O)N(c1ccncc1)c1cccc(-c2sc(C(=O)O)c(OCC(=O)O)c2C)c1. The minimum Gasteiger partial charge on any atom is -0.480 e. The summed E-state index contributed by atoms with van der Waals surface area (Å²) in [6.45, 7) is 2.48. The molecule has 8 nitrogen and oxygen atoms in total. The summed E-state index contributed by atoms with van der Waals surface area (Å²) in [5.41, 5.74) is 2.45. The van der Waals surface area contributed by atoms with E-state index in [0.717, 1.165) is 11.3 Å². The van der Waals surface area contributed by atoms with Crippen molar-refractivity contribution in [3.8, 4) is 16.2 Å². The summed E-state index contributed by atoms with van der Waals surface area (Å²) in [4.78, 5) is 40.8. The predicted octanol–water partition coefficient (Wildman–Crippen LogP) is 3.96. The largest absolute Gasteiger partial charge is 0.480 e. The summed E-state index contributed by atoms with van der Waals surface area (Å²) >= 11 is 0.993. The number of aromatic carboxylic acids is 1. The highest BCUT2D eigenvalue weighted by Gasteiger charge is 2.24. The number of benzene rings is 1. The number of pyridine rings is 1. The first-order valence-electron chi connectivity index (χ1n) is 8.82. The van der Waals surface area contributed by atoms with Crippen LogP contribution in [0.4, 0.5) is 11.4 Å². The van der Waals surface area contributed by atoms with E-state index in [0.29, 0.717) is 27.4 Å². The smallest absolute Gasteiger partial charge is 0.349 e. The van der Waals surface area contributed by atoms with E-state index in [2.05, 4.69) is 4.98 Å². The van der Waals surface area contributed by atoms with Gasteiger partial charge in [0, 0.05) is 35.4 Å². The van der Waals surface area contributed by atoms with E-state index in [1.54, 1.807) is 55.7 Å². The van der Waals surface area contributed by atoms with E-state index in [-0.39, 0.29) is 16.5 Å². The zero-order valence-electron chi connectivity index (χ0n) is 16.2. The molecule has 0 aliphatic carbocycles. The van der Waals surface area contributed by atoms with E-state index >= 15 is 0 Å². The molecule has 2 aromatic heterocycles. The summed E-state index contributed by atoms with van der Waals surface area (Å²) in [5.74, 6) is -2.56. The molecule has 0 spiro atoms. The lowest BCUT2D eigenvalue weighted by Gasteiger charge is -2.21. The molecular weight excluding hydrogens is 408 g/mol. The van der Waals surface area contributed by atoms with Gasteiger partial charge in [-0.1, -0.05) is 12.1 Å². The molecule has 3 rings (SSSR count). The Hall–Kier alpha value is -3.72. The van der Waals surface area contributed by atoms with Crippen LogP contribution < -0.4 is 9.64 Å². The Balaban J connectivity index is 2.07. The molecule has 0 bridgehead atoms. The maximum atomic E-state index is 12.3. The molecule has 30 heavy (non-hydrogen) atoms. The van der Waals surface area contributed by atoms with Gasteiger partial charge in [-0.25, -0.2) is 9.59 Å². The number of nitrogens with zero attached hydrogens (tertiary/aromatic N) is 2. The van der Waals surface area contributed by atoms with Crippen molar-refractivity contribution in [3.05, 3.63) is 59.2 Å². The number of carboxylic acid groups (broad SMARTS) is 2. The maximum Gasteiger partial charge on any atom is 0.349 e. The third kappa shape index (κ3) is 4.31. The molecule has 2 heterocycles. The van der Waals surface area contributed by atoms with E-state index in [9.17, 15) is 19.5 Å². The second kappa shape index (κ2) is 8.75. The number of carbonyl (C=O) groups is 3. The molecule has 0 unspecified atom stereocenters. The van der Waals surface area contributed by atoms with Gasteiger partial charge in [0.2, 0.25) is 5.91 Å². The first-order chi connectivity index (χ1) is 14.3. The minimum absolute atomic E-state index is 0.0351. The number of ether oxygens (including phenoxy) is 1. The average Bonchev–Trinajstić information content (AvgIpc) is 3.04. The zero-order chi connectivity index (χ0) is 21.8. The van der Waals surface area contributed by atoms with E-state index in [1.807, 2.05) is 0 Å². The molecule has 0 radical (unpaired) electrons. The number of aliphatic carboxylic acids is 1. The Morgan fingerprint density at radius 3 is 2.40 bits per heavy atom. The Kier molecular flexibility index (Phi) is 6.12. The topological polar surface area (TPSA) is 117 Å². The lowest BCUT2D eigenvalue weighted by molar-refractivity contribution is -0.139. The number of amides is 1. The molecule has 154 valence electrons. The Morgan fingerprint density at radius 2 is 1.80 bits per heavy atom. The van der Waals surface area contributed by atoms with Crippen LogP contribution in [0.3, 0.4) is 0 Å². The number of aromatic nitrogens is 1. The van der Waals surface area contributed by atoms with Crippen LogP contribution in [-0.4, -0.2) is 39.6 Å². The summed E-state index contributed by atoms with van der Waals surface area (Å²) in [6.07, 6.45) is 3.17. The van der Waals surface area contributed by atoms with Crippen LogP contribution in [0.15, 0.2) is 48.8 Å². The average molecular weight is 426 g/mol. The van der Waals surface area contributed by atoms with E-state index in [4.69, 9.17) is 9.84 Å². The molecule has 1 aromatic carbocycles. The zero-order valence-corrected chi connectivity index (χ0v) is 17.0. The van der Waals surface area contributed by atoms with Gasteiger partial charge in [-0.15, -0.1) is 11.3 Å². The highest BCUT2D eigenvalue weighted by Crippen LogP contribution is 2.42. The highest BCUT2D eigenvalue weighted by atomic mass is 32.1. The number of thiophene rings is 1. The fourth-order valence-electron chi connectivity index (χ4n) is 3.01. The third-order valence-corrected chi connectivity index (χ3v) is 5.54. The molecule has 0 saturated carbocycles. The van der Waals surface area contributed by atoms with Gasteiger partial charge >= 0.3 is 11.9 Å². The number of rotatable bonds is 7. The fourth-order valence-corrected chi connectivity index (χ4v) is 4.10. The number of hydrogen-bond donors (Lipinski definition) is 2. The maximum absolute atomic E-state index is 12.3. The second-order valence-electron chi connectivity index (χ2n) is 6.31. The quantitative estimate of drug-likeness (QED) is 0.587. The summed E-state index contributed by atoms with van der Waals surface area (Å²) < 4.78 is 5.24. The van der Waals surface area contributed by atoms with Gasteiger partial charge in [-0.05, 0) is 36.8 Å².